The SMILES string of the molecule is Cc1ccc(Cl)cc1NC(=O)COC(=O)CCCC(=O)Nc1ccc(Oc2ccc(Cl)cc2)cc1. The van der Waals surface area contributed by atoms with E-state index in [1.165, 1.54) is 0 Å². The molecule has 182 valence electrons. The molecule has 0 bridgehead atoms. The second kappa shape index (κ2) is 12.8. The predicted molar refractivity (Wildman–Crippen MR) is 136 cm³/mol. The summed E-state index contributed by atoms with van der Waals surface area (Å²) in [6, 6.07) is 19.0. The van der Waals surface area contributed by atoms with Crippen LogP contribution >= 0.6 is 23.2 Å². The molecule has 0 aliphatic carbocycles. The zero-order chi connectivity index (χ0) is 25.2. The molecule has 0 heterocycles. The summed E-state index contributed by atoms with van der Waals surface area (Å²) in [5.41, 5.74) is 2.00. The van der Waals surface area contributed by atoms with Gasteiger partial charge >= 0.3 is 5.97 Å². The lowest BCUT2D eigenvalue weighted by molar-refractivity contribution is -0.147. The first kappa shape index (κ1) is 26.1. The van der Waals surface area contributed by atoms with Crippen molar-refractivity contribution >= 4 is 52.4 Å². The number of ether oxygens (including phenoxy) is 2. The lowest BCUT2D eigenvalue weighted by Crippen LogP contribution is -2.21. The Bertz CT molecular complexity index is 1180. The van der Waals surface area contributed by atoms with Crippen LogP contribution < -0.4 is 15.4 Å². The standard InChI is InChI=1S/C26H24Cl2N2O5/c1-17-5-6-19(28)15-23(17)30-25(32)16-34-26(33)4-2-3-24(31)29-20-9-13-22(14-10-20)35-21-11-7-18(27)8-12-21/h5-15H,2-4,16H2,1H3,(H,29,31)(H,30,32). The van der Waals surface area contributed by atoms with Gasteiger partial charge in [0.05, 0.1) is 0 Å². The van der Waals surface area contributed by atoms with E-state index in [1.807, 2.05) is 6.92 Å². The van der Waals surface area contributed by atoms with Crippen LogP contribution in [0.25, 0.3) is 0 Å². The molecule has 0 radical (unpaired) electrons. The zero-order valence-electron chi connectivity index (χ0n) is 19.0. The molecule has 0 aliphatic heterocycles. The van der Waals surface area contributed by atoms with E-state index in [9.17, 15) is 14.4 Å². The van der Waals surface area contributed by atoms with Crippen molar-refractivity contribution in [3.05, 3.63) is 82.3 Å². The Balaban J connectivity index is 1.33. The van der Waals surface area contributed by atoms with Gasteiger partial charge in [0.25, 0.3) is 5.91 Å². The van der Waals surface area contributed by atoms with Crippen molar-refractivity contribution in [2.75, 3.05) is 17.2 Å². The highest BCUT2D eigenvalue weighted by molar-refractivity contribution is 6.31. The maximum absolute atomic E-state index is 12.1. The molecule has 0 aliphatic rings. The maximum Gasteiger partial charge on any atom is 0.306 e. The lowest BCUT2D eigenvalue weighted by atomic mass is 10.2. The number of aryl methyl sites for hydroxylation is 1. The van der Waals surface area contributed by atoms with Gasteiger partial charge in [0.1, 0.15) is 11.5 Å². The van der Waals surface area contributed by atoms with Crippen molar-refractivity contribution in [2.24, 2.45) is 0 Å². The van der Waals surface area contributed by atoms with Gasteiger partial charge in [-0.25, -0.2) is 0 Å². The van der Waals surface area contributed by atoms with E-state index in [-0.39, 0.29) is 25.2 Å². The second-order valence-corrected chi connectivity index (χ2v) is 8.52. The number of nitrogens with one attached hydrogen (secondary N) is 2. The third-order valence-electron chi connectivity index (χ3n) is 4.81. The average molecular weight is 515 g/mol. The van der Waals surface area contributed by atoms with Crippen molar-refractivity contribution in [3.63, 3.8) is 0 Å². The number of esters is 1. The van der Waals surface area contributed by atoms with Crippen LogP contribution in [0.3, 0.4) is 0 Å². The highest BCUT2D eigenvalue weighted by atomic mass is 35.5. The van der Waals surface area contributed by atoms with Crippen LogP contribution in [0.4, 0.5) is 11.4 Å². The predicted octanol–water partition coefficient (Wildman–Crippen LogP) is 6.38. The van der Waals surface area contributed by atoms with Crippen molar-refractivity contribution < 1.29 is 23.9 Å². The molecule has 0 aromatic heterocycles. The highest BCUT2D eigenvalue weighted by Crippen LogP contribution is 2.24. The molecule has 3 rings (SSSR count). The van der Waals surface area contributed by atoms with Gasteiger partial charge in [-0.15, -0.1) is 0 Å². The van der Waals surface area contributed by atoms with Gasteiger partial charge in [-0.05, 0) is 79.6 Å². The van der Waals surface area contributed by atoms with Crippen LogP contribution in [-0.2, 0) is 19.1 Å². The number of hydrogen-bond donors (Lipinski definition) is 2. The fourth-order valence-corrected chi connectivity index (χ4v) is 3.29. The van der Waals surface area contributed by atoms with Crippen molar-refractivity contribution in [1.29, 1.82) is 0 Å². The van der Waals surface area contributed by atoms with E-state index in [0.717, 1.165) is 5.56 Å². The molecule has 3 aromatic rings. The molecule has 0 spiro atoms. The molecule has 35 heavy (non-hydrogen) atoms. The normalized spacial score (nSPS) is 10.4. The number of anilines is 2. The van der Waals surface area contributed by atoms with E-state index < -0.39 is 18.5 Å². The van der Waals surface area contributed by atoms with Gasteiger partial charge in [-0.1, -0.05) is 29.3 Å². The van der Waals surface area contributed by atoms with Gasteiger partial charge < -0.3 is 20.1 Å². The molecule has 0 unspecified atom stereocenters. The van der Waals surface area contributed by atoms with Crippen LogP contribution in [0, 0.1) is 6.92 Å². The molecule has 7 nitrogen and oxygen atoms in total. The summed E-state index contributed by atoms with van der Waals surface area (Å²) in [6.45, 7) is 1.41. The Morgan fingerprint density at radius 3 is 2.09 bits per heavy atom. The van der Waals surface area contributed by atoms with Crippen molar-refractivity contribution in [3.8, 4) is 11.5 Å². The van der Waals surface area contributed by atoms with Crippen LogP contribution in [0.2, 0.25) is 10.0 Å². The van der Waals surface area contributed by atoms with Gasteiger partial charge in [0.15, 0.2) is 6.61 Å². The molecule has 2 amide bonds. The maximum atomic E-state index is 12.1. The lowest BCUT2D eigenvalue weighted by Gasteiger charge is -2.10. The number of halogens is 2. The van der Waals surface area contributed by atoms with E-state index in [1.54, 1.807) is 66.7 Å². The van der Waals surface area contributed by atoms with Crippen molar-refractivity contribution in [1.82, 2.24) is 0 Å². The summed E-state index contributed by atoms with van der Waals surface area (Å²) in [5, 5.41) is 6.52. The third-order valence-corrected chi connectivity index (χ3v) is 5.30. The largest absolute Gasteiger partial charge is 0.457 e. The minimum atomic E-state index is -0.556. The first-order valence-corrected chi connectivity index (χ1v) is 11.6. The zero-order valence-corrected chi connectivity index (χ0v) is 20.5. The summed E-state index contributed by atoms with van der Waals surface area (Å²) < 4.78 is 10.7. The number of hydrogen-bond acceptors (Lipinski definition) is 5. The van der Waals surface area contributed by atoms with E-state index in [4.69, 9.17) is 32.7 Å². The summed E-state index contributed by atoms with van der Waals surface area (Å²) in [5.74, 6) is 0.000478. The van der Waals surface area contributed by atoms with E-state index in [2.05, 4.69) is 10.6 Å². The Hall–Kier alpha value is -3.55. The molecule has 0 saturated carbocycles. The van der Waals surface area contributed by atoms with Gasteiger partial charge in [-0.3, -0.25) is 14.4 Å². The second-order valence-electron chi connectivity index (χ2n) is 7.65. The molecule has 9 heteroatoms. The number of carbonyl (C=O) groups is 3. The quantitative estimate of drug-likeness (QED) is 0.306. The Labute approximate surface area is 213 Å². The summed E-state index contributed by atoms with van der Waals surface area (Å²) in [6.07, 6.45) is 0.439. The highest BCUT2D eigenvalue weighted by Gasteiger charge is 2.11. The topological polar surface area (TPSA) is 93.7 Å². The summed E-state index contributed by atoms with van der Waals surface area (Å²) >= 11 is 11.8. The molecule has 3 aromatic carbocycles. The fraction of sp³-hybridized carbons (Fsp3) is 0.192. The molecule has 0 saturated heterocycles. The van der Waals surface area contributed by atoms with Crippen molar-refractivity contribution in [2.45, 2.75) is 26.2 Å². The van der Waals surface area contributed by atoms with E-state index >= 15 is 0 Å². The van der Waals surface area contributed by atoms with Crippen LogP contribution in [0.5, 0.6) is 11.5 Å². The summed E-state index contributed by atoms with van der Waals surface area (Å²) in [7, 11) is 0. The van der Waals surface area contributed by atoms with Crippen LogP contribution in [0.15, 0.2) is 66.7 Å². The first-order valence-electron chi connectivity index (χ1n) is 10.8. The minimum Gasteiger partial charge on any atom is -0.457 e. The fourth-order valence-electron chi connectivity index (χ4n) is 3.00. The Morgan fingerprint density at radius 2 is 1.40 bits per heavy atom. The van der Waals surface area contributed by atoms with E-state index in [0.29, 0.717) is 32.9 Å². The monoisotopic (exact) mass is 514 g/mol. The van der Waals surface area contributed by atoms with Gasteiger partial charge in [0, 0.05) is 34.3 Å². The van der Waals surface area contributed by atoms with Gasteiger partial charge in [0.2, 0.25) is 5.91 Å². The molecule has 2 N–H and O–H groups in total. The van der Waals surface area contributed by atoms with Gasteiger partial charge in [-0.2, -0.15) is 0 Å². The molecule has 0 fully saturated rings. The minimum absolute atomic E-state index is 0.0186. The molecular formula is C26H24Cl2N2O5. The van der Waals surface area contributed by atoms with Crippen LogP contribution in [0.1, 0.15) is 24.8 Å². The summed E-state index contributed by atoms with van der Waals surface area (Å²) in [4.78, 5) is 36.0. The Morgan fingerprint density at radius 1 is 0.771 bits per heavy atom. The smallest absolute Gasteiger partial charge is 0.306 e. The number of carbonyl (C=O) groups excluding carboxylic acids is 3. The van der Waals surface area contributed by atoms with Crippen LogP contribution in [-0.4, -0.2) is 24.4 Å². The average Bonchev–Trinajstić information content (AvgIpc) is 2.83. The molecular weight excluding hydrogens is 491 g/mol. The number of amides is 2. The molecule has 0 atom stereocenters. The third kappa shape index (κ3) is 8.96. The number of benzene rings is 3. The first-order chi connectivity index (χ1) is 16.8. The Kier molecular flexibility index (Phi) is 9.52. The number of rotatable bonds is 10.